The topological polar surface area (TPSA) is 24.1 Å². The molecule has 0 amide bonds. The summed E-state index contributed by atoms with van der Waals surface area (Å²) in [6.07, 6.45) is 9.20. The SMILES string of the molecule is C1=CC(CNCCNCc2ccccc2)=CCC1.CC.CC. The molecule has 124 valence electrons. The minimum atomic E-state index is 0.950. The standard InChI is InChI=1S/C16H22N2.2C2H6/c1-3-7-15(8-4-1)13-17-11-12-18-14-16-9-5-2-6-10-16;2*1-2/h1,3-5,7-10,17-18H,2,6,11-14H2;2*1-2H3. The van der Waals surface area contributed by atoms with Gasteiger partial charge >= 0.3 is 0 Å². The molecule has 2 heteroatoms. The summed E-state index contributed by atoms with van der Waals surface area (Å²) >= 11 is 0. The van der Waals surface area contributed by atoms with Crippen molar-refractivity contribution in [1.82, 2.24) is 10.6 Å². The first-order valence-electron chi connectivity index (χ1n) is 8.76. The smallest absolute Gasteiger partial charge is 0.0206 e. The lowest BCUT2D eigenvalue weighted by atomic mass is 10.1. The van der Waals surface area contributed by atoms with E-state index in [0.29, 0.717) is 0 Å². The van der Waals surface area contributed by atoms with Crippen molar-refractivity contribution in [3.63, 3.8) is 0 Å². The lowest BCUT2D eigenvalue weighted by molar-refractivity contribution is 0.631. The van der Waals surface area contributed by atoms with Crippen molar-refractivity contribution in [3.05, 3.63) is 59.7 Å². The molecule has 22 heavy (non-hydrogen) atoms. The molecule has 0 bridgehead atoms. The summed E-state index contributed by atoms with van der Waals surface area (Å²) in [6, 6.07) is 10.5. The van der Waals surface area contributed by atoms with E-state index in [2.05, 4.69) is 59.2 Å². The second-order valence-electron chi connectivity index (χ2n) is 4.60. The zero-order valence-electron chi connectivity index (χ0n) is 14.9. The fraction of sp³-hybridized carbons (Fsp3) is 0.500. The first-order chi connectivity index (χ1) is 10.9. The van der Waals surface area contributed by atoms with Crippen molar-refractivity contribution in [2.45, 2.75) is 47.1 Å². The molecule has 0 atom stereocenters. The second-order valence-corrected chi connectivity index (χ2v) is 4.60. The molecule has 0 saturated heterocycles. The summed E-state index contributed by atoms with van der Waals surface area (Å²) in [7, 11) is 0. The Kier molecular flexibility index (Phi) is 15.0. The van der Waals surface area contributed by atoms with Gasteiger partial charge in [0.1, 0.15) is 0 Å². The van der Waals surface area contributed by atoms with Crippen molar-refractivity contribution in [3.8, 4) is 0 Å². The summed E-state index contributed by atoms with van der Waals surface area (Å²) < 4.78 is 0. The van der Waals surface area contributed by atoms with E-state index in [1.807, 2.05) is 27.7 Å². The van der Waals surface area contributed by atoms with Crippen LogP contribution in [0.4, 0.5) is 0 Å². The molecule has 0 unspecified atom stereocenters. The van der Waals surface area contributed by atoms with Crippen molar-refractivity contribution < 1.29 is 0 Å². The second kappa shape index (κ2) is 16.0. The zero-order chi connectivity index (χ0) is 16.5. The molecule has 0 saturated carbocycles. The summed E-state index contributed by atoms with van der Waals surface area (Å²) in [5, 5.41) is 6.90. The molecular formula is C20H34N2. The first kappa shape index (κ1) is 20.6. The Labute approximate surface area is 137 Å². The maximum absolute atomic E-state index is 3.46. The van der Waals surface area contributed by atoms with Crippen molar-refractivity contribution in [2.75, 3.05) is 19.6 Å². The van der Waals surface area contributed by atoms with Crippen molar-refractivity contribution >= 4 is 0 Å². The summed E-state index contributed by atoms with van der Waals surface area (Å²) in [4.78, 5) is 0. The normalized spacial score (nSPS) is 12.5. The van der Waals surface area contributed by atoms with Crippen LogP contribution in [0.2, 0.25) is 0 Å². The number of hydrogen-bond acceptors (Lipinski definition) is 2. The third-order valence-corrected chi connectivity index (χ3v) is 3.05. The van der Waals surface area contributed by atoms with Gasteiger partial charge in [-0.3, -0.25) is 0 Å². The van der Waals surface area contributed by atoms with E-state index in [9.17, 15) is 0 Å². The Morgan fingerprint density at radius 1 is 0.818 bits per heavy atom. The van der Waals surface area contributed by atoms with E-state index in [0.717, 1.165) is 26.2 Å². The Balaban J connectivity index is 0.00000102. The van der Waals surface area contributed by atoms with Crippen LogP contribution in [0.15, 0.2) is 54.1 Å². The third kappa shape index (κ3) is 10.4. The molecule has 2 N–H and O–H groups in total. The van der Waals surface area contributed by atoms with Gasteiger partial charge < -0.3 is 10.6 Å². The van der Waals surface area contributed by atoms with Crippen LogP contribution >= 0.6 is 0 Å². The maximum atomic E-state index is 3.46. The van der Waals surface area contributed by atoms with Crippen molar-refractivity contribution in [1.29, 1.82) is 0 Å². The van der Waals surface area contributed by atoms with Crippen LogP contribution in [0.1, 0.15) is 46.1 Å². The Morgan fingerprint density at radius 2 is 1.45 bits per heavy atom. The van der Waals surface area contributed by atoms with Gasteiger partial charge in [-0.15, -0.1) is 0 Å². The van der Waals surface area contributed by atoms with Gasteiger partial charge in [-0.2, -0.15) is 0 Å². The number of allylic oxidation sites excluding steroid dienone is 2. The highest BCUT2D eigenvalue weighted by molar-refractivity contribution is 5.23. The summed E-state index contributed by atoms with van der Waals surface area (Å²) in [5.41, 5.74) is 2.76. The van der Waals surface area contributed by atoms with Crippen LogP contribution in [0.3, 0.4) is 0 Å². The number of rotatable bonds is 7. The van der Waals surface area contributed by atoms with Gasteiger partial charge in [0.15, 0.2) is 0 Å². The predicted molar refractivity (Wildman–Crippen MR) is 100 cm³/mol. The average Bonchev–Trinajstić information content (AvgIpc) is 2.63. The molecule has 0 heterocycles. The van der Waals surface area contributed by atoms with Crippen LogP contribution in [0.5, 0.6) is 0 Å². The number of benzene rings is 1. The molecule has 0 spiro atoms. The van der Waals surface area contributed by atoms with Gasteiger partial charge in [0.05, 0.1) is 0 Å². The van der Waals surface area contributed by atoms with Gasteiger partial charge in [0.25, 0.3) is 0 Å². The van der Waals surface area contributed by atoms with Crippen molar-refractivity contribution in [2.24, 2.45) is 0 Å². The molecule has 1 aliphatic rings. The highest BCUT2D eigenvalue weighted by atomic mass is 14.9. The van der Waals surface area contributed by atoms with Gasteiger partial charge in [-0.25, -0.2) is 0 Å². The maximum Gasteiger partial charge on any atom is 0.0206 e. The van der Waals surface area contributed by atoms with Crippen LogP contribution in [0, 0.1) is 0 Å². The quantitative estimate of drug-likeness (QED) is 0.714. The molecule has 0 aliphatic heterocycles. The largest absolute Gasteiger partial charge is 0.311 e. The minimum absolute atomic E-state index is 0.950. The molecular weight excluding hydrogens is 268 g/mol. The lowest BCUT2D eigenvalue weighted by Gasteiger charge is -2.09. The first-order valence-corrected chi connectivity index (χ1v) is 8.76. The van der Waals surface area contributed by atoms with E-state index in [1.54, 1.807) is 0 Å². The van der Waals surface area contributed by atoms with E-state index < -0.39 is 0 Å². The third-order valence-electron chi connectivity index (χ3n) is 3.05. The van der Waals surface area contributed by atoms with Gasteiger partial charge in [-0.05, 0) is 24.0 Å². The fourth-order valence-corrected chi connectivity index (χ4v) is 2.04. The Hall–Kier alpha value is -1.38. The monoisotopic (exact) mass is 302 g/mol. The van der Waals surface area contributed by atoms with E-state index in [-0.39, 0.29) is 0 Å². The molecule has 1 aromatic rings. The zero-order valence-corrected chi connectivity index (χ0v) is 14.9. The molecule has 0 radical (unpaired) electrons. The molecule has 1 aliphatic carbocycles. The van der Waals surface area contributed by atoms with Crippen LogP contribution < -0.4 is 10.6 Å². The van der Waals surface area contributed by atoms with Gasteiger partial charge in [-0.1, -0.05) is 76.3 Å². The van der Waals surface area contributed by atoms with Crippen LogP contribution in [-0.2, 0) is 6.54 Å². The van der Waals surface area contributed by atoms with E-state index >= 15 is 0 Å². The molecule has 2 nitrogen and oxygen atoms in total. The van der Waals surface area contributed by atoms with E-state index in [1.165, 1.54) is 24.0 Å². The average molecular weight is 303 g/mol. The minimum Gasteiger partial charge on any atom is -0.311 e. The summed E-state index contributed by atoms with van der Waals surface area (Å²) in [5.74, 6) is 0. The van der Waals surface area contributed by atoms with Crippen LogP contribution in [0.25, 0.3) is 0 Å². The Bertz CT molecular complexity index is 393. The Morgan fingerprint density at radius 3 is 2.05 bits per heavy atom. The predicted octanol–water partition coefficient (Wildman–Crippen LogP) is 4.69. The molecule has 2 rings (SSSR count). The molecule has 0 fully saturated rings. The molecule has 0 aromatic heterocycles. The summed E-state index contributed by atoms with van der Waals surface area (Å²) in [6.45, 7) is 12.0. The highest BCUT2D eigenvalue weighted by Crippen LogP contribution is 2.07. The van der Waals surface area contributed by atoms with Crippen LogP contribution in [-0.4, -0.2) is 19.6 Å². The highest BCUT2D eigenvalue weighted by Gasteiger charge is 1.96. The fourth-order valence-electron chi connectivity index (χ4n) is 2.04. The van der Waals surface area contributed by atoms with Gasteiger partial charge in [0, 0.05) is 26.2 Å². The number of nitrogens with one attached hydrogen (secondary N) is 2. The lowest BCUT2D eigenvalue weighted by Crippen LogP contribution is -2.28. The number of hydrogen-bond donors (Lipinski definition) is 2. The van der Waals surface area contributed by atoms with Gasteiger partial charge in [0.2, 0.25) is 0 Å². The van der Waals surface area contributed by atoms with E-state index in [4.69, 9.17) is 0 Å². The molecule has 1 aromatic carbocycles.